The molecule has 0 amide bonds. The van der Waals surface area contributed by atoms with Gasteiger partial charge in [-0.15, -0.1) is 0 Å². The number of rotatable bonds is 12. The quantitative estimate of drug-likeness (QED) is 0.524. The summed E-state index contributed by atoms with van der Waals surface area (Å²) in [4.78, 5) is 13.6. The van der Waals surface area contributed by atoms with E-state index in [0.717, 1.165) is 32.4 Å². The van der Waals surface area contributed by atoms with Crippen LogP contribution < -0.4 is 0 Å². The van der Waals surface area contributed by atoms with E-state index in [9.17, 15) is 9.90 Å². The summed E-state index contributed by atoms with van der Waals surface area (Å²) in [6, 6.07) is 0. The average Bonchev–Trinajstić information content (AvgIpc) is 2.84. The minimum atomic E-state index is -0.646. The molecule has 1 rings (SSSR count). The van der Waals surface area contributed by atoms with Gasteiger partial charge in [-0.3, -0.25) is 9.69 Å². The normalized spacial score (nSPS) is 22.8. The molecule has 0 aromatic rings. The first-order valence-electron chi connectivity index (χ1n) is 9.09. The zero-order valence-corrected chi connectivity index (χ0v) is 14.2. The molecule has 3 nitrogen and oxygen atoms in total. The molecule has 21 heavy (non-hydrogen) atoms. The Morgan fingerprint density at radius 3 is 2.05 bits per heavy atom. The van der Waals surface area contributed by atoms with Crippen molar-refractivity contribution >= 4 is 5.97 Å². The molecule has 0 aromatic carbocycles. The highest BCUT2D eigenvalue weighted by molar-refractivity contribution is 5.78. The van der Waals surface area contributed by atoms with E-state index in [-0.39, 0.29) is 0 Å². The monoisotopic (exact) mass is 297 g/mol. The van der Waals surface area contributed by atoms with Crippen molar-refractivity contribution < 1.29 is 9.90 Å². The lowest BCUT2D eigenvalue weighted by Gasteiger charge is -2.31. The Balaban J connectivity index is 1.98. The van der Waals surface area contributed by atoms with Gasteiger partial charge in [0.1, 0.15) is 5.54 Å². The fraction of sp³-hybridized carbons (Fsp3) is 0.944. The zero-order valence-electron chi connectivity index (χ0n) is 14.2. The second-order valence-electron chi connectivity index (χ2n) is 6.85. The molecule has 0 saturated carbocycles. The van der Waals surface area contributed by atoms with Crippen molar-refractivity contribution in [3.05, 3.63) is 0 Å². The lowest BCUT2D eigenvalue weighted by Crippen LogP contribution is -2.48. The molecule has 1 atom stereocenters. The van der Waals surface area contributed by atoms with Gasteiger partial charge in [0.25, 0.3) is 0 Å². The fourth-order valence-corrected chi connectivity index (χ4v) is 3.41. The Labute approximate surface area is 131 Å². The van der Waals surface area contributed by atoms with Gasteiger partial charge in [-0.2, -0.15) is 0 Å². The van der Waals surface area contributed by atoms with Crippen LogP contribution in [-0.4, -0.2) is 34.6 Å². The van der Waals surface area contributed by atoms with Crippen molar-refractivity contribution in [2.45, 2.75) is 96.4 Å². The first kappa shape index (κ1) is 18.5. The van der Waals surface area contributed by atoms with Crippen LogP contribution in [0.25, 0.3) is 0 Å². The van der Waals surface area contributed by atoms with Gasteiger partial charge in [0.05, 0.1) is 0 Å². The first-order valence-corrected chi connectivity index (χ1v) is 9.09. The fourth-order valence-electron chi connectivity index (χ4n) is 3.41. The molecule has 1 aliphatic rings. The van der Waals surface area contributed by atoms with Crippen LogP contribution in [0, 0.1) is 0 Å². The van der Waals surface area contributed by atoms with Crippen molar-refractivity contribution in [3.63, 3.8) is 0 Å². The minimum absolute atomic E-state index is 0.598. The van der Waals surface area contributed by atoms with Crippen LogP contribution in [0.4, 0.5) is 0 Å². The second-order valence-corrected chi connectivity index (χ2v) is 6.85. The van der Waals surface area contributed by atoms with Gasteiger partial charge in [0.15, 0.2) is 0 Å². The third-order valence-corrected chi connectivity index (χ3v) is 5.03. The molecule has 1 unspecified atom stereocenters. The molecule has 0 aliphatic carbocycles. The molecule has 0 radical (unpaired) electrons. The van der Waals surface area contributed by atoms with Crippen LogP contribution in [-0.2, 0) is 4.79 Å². The average molecular weight is 297 g/mol. The maximum absolute atomic E-state index is 11.4. The number of carbonyl (C=O) groups is 1. The predicted molar refractivity (Wildman–Crippen MR) is 88.7 cm³/mol. The zero-order chi connectivity index (χ0) is 15.6. The van der Waals surface area contributed by atoms with Crippen molar-refractivity contribution in [1.29, 1.82) is 0 Å². The lowest BCUT2D eigenvalue weighted by atomic mass is 9.99. The first-order chi connectivity index (χ1) is 10.1. The molecule has 0 bridgehead atoms. The van der Waals surface area contributed by atoms with E-state index < -0.39 is 11.5 Å². The van der Waals surface area contributed by atoms with Gasteiger partial charge < -0.3 is 5.11 Å². The highest BCUT2D eigenvalue weighted by Gasteiger charge is 2.42. The van der Waals surface area contributed by atoms with E-state index in [2.05, 4.69) is 11.8 Å². The third kappa shape index (κ3) is 6.37. The number of carboxylic acid groups (broad SMARTS) is 1. The SMILES string of the molecule is CCCCCCCCCCCCN1CCCC1(C)C(=O)O. The number of unbranched alkanes of at least 4 members (excludes halogenated alkanes) is 9. The van der Waals surface area contributed by atoms with Crippen molar-refractivity contribution in [3.8, 4) is 0 Å². The van der Waals surface area contributed by atoms with E-state index in [0.29, 0.717) is 0 Å². The molecular weight excluding hydrogens is 262 g/mol. The molecule has 0 aromatic heterocycles. The third-order valence-electron chi connectivity index (χ3n) is 5.03. The van der Waals surface area contributed by atoms with E-state index in [1.54, 1.807) is 0 Å². The van der Waals surface area contributed by atoms with Crippen molar-refractivity contribution in [2.24, 2.45) is 0 Å². The Kier molecular flexibility index (Phi) is 8.98. The van der Waals surface area contributed by atoms with Gasteiger partial charge in [0, 0.05) is 0 Å². The van der Waals surface area contributed by atoms with Crippen LogP contribution in [0.2, 0.25) is 0 Å². The molecule has 0 spiro atoms. The lowest BCUT2D eigenvalue weighted by molar-refractivity contribution is -0.148. The maximum Gasteiger partial charge on any atom is 0.323 e. The molecule has 3 heteroatoms. The summed E-state index contributed by atoms with van der Waals surface area (Å²) in [5, 5.41) is 9.36. The molecule has 1 aliphatic heterocycles. The number of likely N-dealkylation sites (tertiary alicyclic amines) is 1. The predicted octanol–water partition coefficient (Wildman–Crippen LogP) is 4.85. The van der Waals surface area contributed by atoms with E-state index in [1.807, 2.05) is 6.92 Å². The second kappa shape index (κ2) is 10.2. The molecule has 1 saturated heterocycles. The van der Waals surface area contributed by atoms with Crippen LogP contribution in [0.1, 0.15) is 90.9 Å². The van der Waals surface area contributed by atoms with Gasteiger partial charge in [0.2, 0.25) is 0 Å². The summed E-state index contributed by atoms with van der Waals surface area (Å²) < 4.78 is 0. The summed E-state index contributed by atoms with van der Waals surface area (Å²) in [7, 11) is 0. The Morgan fingerprint density at radius 1 is 1.00 bits per heavy atom. The maximum atomic E-state index is 11.4. The van der Waals surface area contributed by atoms with Crippen LogP contribution in [0.5, 0.6) is 0 Å². The van der Waals surface area contributed by atoms with Gasteiger partial charge in [-0.1, -0.05) is 64.7 Å². The summed E-state index contributed by atoms with van der Waals surface area (Å²) in [6.07, 6.45) is 15.2. The molecule has 1 fully saturated rings. The van der Waals surface area contributed by atoms with Crippen LogP contribution >= 0.6 is 0 Å². The van der Waals surface area contributed by atoms with Gasteiger partial charge in [-0.25, -0.2) is 0 Å². The van der Waals surface area contributed by atoms with Crippen LogP contribution in [0.3, 0.4) is 0 Å². The topological polar surface area (TPSA) is 40.5 Å². The smallest absolute Gasteiger partial charge is 0.323 e. The van der Waals surface area contributed by atoms with Crippen molar-refractivity contribution in [2.75, 3.05) is 13.1 Å². The highest BCUT2D eigenvalue weighted by Crippen LogP contribution is 2.29. The van der Waals surface area contributed by atoms with E-state index in [4.69, 9.17) is 0 Å². The Hall–Kier alpha value is -0.570. The summed E-state index contributed by atoms with van der Waals surface area (Å²) in [6.45, 7) is 6.06. The van der Waals surface area contributed by atoms with Crippen LogP contribution in [0.15, 0.2) is 0 Å². The summed E-state index contributed by atoms with van der Waals surface area (Å²) in [5.74, 6) is -0.646. The molecule has 1 heterocycles. The molecule has 124 valence electrons. The Bertz CT molecular complexity index is 293. The number of nitrogens with zero attached hydrogens (tertiary/aromatic N) is 1. The minimum Gasteiger partial charge on any atom is -0.480 e. The standard InChI is InChI=1S/C18H35NO2/c1-3-4-5-6-7-8-9-10-11-12-15-19-16-13-14-18(19,2)17(20)21/h3-16H2,1-2H3,(H,20,21). The largest absolute Gasteiger partial charge is 0.480 e. The molecule has 1 N–H and O–H groups in total. The number of hydrogen-bond donors (Lipinski definition) is 1. The summed E-state index contributed by atoms with van der Waals surface area (Å²) in [5.41, 5.74) is -0.598. The van der Waals surface area contributed by atoms with E-state index >= 15 is 0 Å². The number of aliphatic carboxylic acids is 1. The van der Waals surface area contributed by atoms with Gasteiger partial charge >= 0.3 is 5.97 Å². The number of carboxylic acids is 1. The molecular formula is C18H35NO2. The Morgan fingerprint density at radius 2 is 1.52 bits per heavy atom. The van der Waals surface area contributed by atoms with E-state index in [1.165, 1.54) is 57.8 Å². The highest BCUT2D eigenvalue weighted by atomic mass is 16.4. The number of hydrogen-bond acceptors (Lipinski definition) is 2. The van der Waals surface area contributed by atoms with Gasteiger partial charge in [-0.05, 0) is 39.3 Å². The summed E-state index contributed by atoms with van der Waals surface area (Å²) >= 11 is 0. The van der Waals surface area contributed by atoms with Crippen molar-refractivity contribution in [1.82, 2.24) is 4.90 Å².